The molecule has 0 saturated carbocycles. The predicted molar refractivity (Wildman–Crippen MR) is 134 cm³/mol. The highest BCUT2D eigenvalue weighted by atomic mass is 35.5. The molecule has 0 amide bonds. The zero-order valence-corrected chi connectivity index (χ0v) is 19.4. The van der Waals surface area contributed by atoms with E-state index in [1.807, 2.05) is 67.6 Å². The van der Waals surface area contributed by atoms with Gasteiger partial charge < -0.3 is 9.47 Å². The summed E-state index contributed by atoms with van der Waals surface area (Å²) < 4.78 is 13.1. The Morgan fingerprint density at radius 2 is 1.82 bits per heavy atom. The van der Waals surface area contributed by atoms with Gasteiger partial charge in [0, 0.05) is 17.1 Å². The zero-order valence-electron chi connectivity index (χ0n) is 18.6. The van der Waals surface area contributed by atoms with Gasteiger partial charge in [0.2, 0.25) is 0 Å². The zero-order chi connectivity index (χ0) is 23.2. The van der Waals surface area contributed by atoms with Crippen LogP contribution < -0.4 is 15.0 Å². The minimum Gasteiger partial charge on any atom is -0.493 e. The Hall–Kier alpha value is -3.57. The Morgan fingerprint density at radius 3 is 2.58 bits per heavy atom. The van der Waals surface area contributed by atoms with Gasteiger partial charge in [0.1, 0.15) is 5.82 Å². The van der Waals surface area contributed by atoms with Gasteiger partial charge in [0.15, 0.2) is 11.5 Å². The number of ether oxygens (including phenoxy) is 2. The molecule has 0 bridgehead atoms. The van der Waals surface area contributed by atoms with Gasteiger partial charge in [0.25, 0.3) is 5.56 Å². The van der Waals surface area contributed by atoms with Crippen molar-refractivity contribution in [3.63, 3.8) is 0 Å². The number of nitrogens with zero attached hydrogens (tertiary/aromatic N) is 2. The number of halogens is 1. The molecule has 4 aromatic rings. The van der Waals surface area contributed by atoms with E-state index in [0.29, 0.717) is 52.8 Å². The minimum atomic E-state index is -0.0705. The third-order valence-corrected chi connectivity index (χ3v) is 5.55. The summed E-state index contributed by atoms with van der Waals surface area (Å²) in [5.74, 6) is 1.97. The smallest absolute Gasteiger partial charge is 0.261 e. The van der Waals surface area contributed by atoms with Crippen LogP contribution in [0, 0.1) is 0 Å². The Balaban J connectivity index is 1.57. The van der Waals surface area contributed by atoms with Crippen LogP contribution in [-0.4, -0.2) is 23.3 Å². The van der Waals surface area contributed by atoms with Gasteiger partial charge in [-0.25, -0.2) is 4.98 Å². The molecular weight excluding hydrogens is 436 g/mol. The number of para-hydroxylation sites is 1. The van der Waals surface area contributed by atoms with Crippen molar-refractivity contribution in [1.29, 1.82) is 0 Å². The molecule has 0 unspecified atom stereocenters. The highest BCUT2D eigenvalue weighted by Gasteiger charge is 2.13. The summed E-state index contributed by atoms with van der Waals surface area (Å²) in [7, 11) is 1.63. The number of aromatic nitrogens is 2. The van der Waals surface area contributed by atoms with Gasteiger partial charge >= 0.3 is 0 Å². The van der Waals surface area contributed by atoms with Crippen molar-refractivity contribution in [2.45, 2.75) is 19.9 Å². The van der Waals surface area contributed by atoms with Crippen LogP contribution in [-0.2, 0) is 6.54 Å². The van der Waals surface area contributed by atoms with Crippen molar-refractivity contribution in [2.75, 3.05) is 13.7 Å². The molecule has 6 heteroatoms. The van der Waals surface area contributed by atoms with Gasteiger partial charge in [-0.15, -0.1) is 0 Å². The molecule has 0 saturated heterocycles. The van der Waals surface area contributed by atoms with Crippen LogP contribution in [0.4, 0.5) is 0 Å². The van der Waals surface area contributed by atoms with Crippen LogP contribution in [0.3, 0.4) is 0 Å². The van der Waals surface area contributed by atoms with Crippen LogP contribution in [0.25, 0.3) is 28.4 Å². The molecule has 0 aliphatic heterocycles. The molecule has 1 aromatic heterocycles. The van der Waals surface area contributed by atoms with E-state index < -0.39 is 0 Å². The summed E-state index contributed by atoms with van der Waals surface area (Å²) in [5.41, 5.74) is 2.48. The number of benzene rings is 3. The summed E-state index contributed by atoms with van der Waals surface area (Å²) in [5, 5.41) is 1.23. The average Bonchev–Trinajstić information content (AvgIpc) is 2.84. The van der Waals surface area contributed by atoms with Crippen LogP contribution in [0.15, 0.2) is 77.6 Å². The number of hydrogen-bond donors (Lipinski definition) is 0. The van der Waals surface area contributed by atoms with E-state index in [0.717, 1.165) is 11.1 Å². The fraction of sp³-hybridized carbons (Fsp3) is 0.185. The standard InChI is InChI=1S/C27H25ClN2O3/c1-3-7-19-10-15-24(25(18-19)32-2)33-17-6-16-30-26(20-11-13-21(28)14-12-20)29-23-9-5-4-8-22(23)27(30)31/h3-5,7-15,18H,6,16-17H2,1-2H3/b7-3+. The first-order valence-electron chi connectivity index (χ1n) is 10.8. The second kappa shape index (κ2) is 10.4. The van der Waals surface area contributed by atoms with Crippen LogP contribution in [0.2, 0.25) is 5.02 Å². The first-order chi connectivity index (χ1) is 16.1. The molecule has 0 spiro atoms. The lowest BCUT2D eigenvalue weighted by molar-refractivity contribution is 0.282. The van der Waals surface area contributed by atoms with Gasteiger partial charge in [-0.05, 0) is 67.4 Å². The third kappa shape index (κ3) is 5.10. The third-order valence-electron chi connectivity index (χ3n) is 5.29. The maximum absolute atomic E-state index is 13.3. The lowest BCUT2D eigenvalue weighted by atomic mass is 10.1. The van der Waals surface area contributed by atoms with Gasteiger partial charge in [-0.3, -0.25) is 9.36 Å². The number of methoxy groups -OCH3 is 1. The van der Waals surface area contributed by atoms with Gasteiger partial charge in [-0.2, -0.15) is 0 Å². The molecule has 4 rings (SSSR count). The normalized spacial score (nSPS) is 11.2. The summed E-state index contributed by atoms with van der Waals surface area (Å²) in [6, 6.07) is 20.6. The Morgan fingerprint density at radius 1 is 1.03 bits per heavy atom. The van der Waals surface area contributed by atoms with Crippen LogP contribution in [0.5, 0.6) is 11.5 Å². The molecule has 0 N–H and O–H groups in total. The van der Waals surface area contributed by atoms with Crippen molar-refractivity contribution in [1.82, 2.24) is 9.55 Å². The Kier molecular flexibility index (Phi) is 7.10. The average molecular weight is 461 g/mol. The van der Waals surface area contributed by atoms with E-state index in [-0.39, 0.29) is 5.56 Å². The first kappa shape index (κ1) is 22.6. The van der Waals surface area contributed by atoms with Crippen molar-refractivity contribution >= 4 is 28.6 Å². The monoisotopic (exact) mass is 460 g/mol. The number of rotatable bonds is 8. The SMILES string of the molecule is C/C=C/c1ccc(OCCCn2c(-c3ccc(Cl)cc3)nc3ccccc3c2=O)c(OC)c1. The van der Waals surface area contributed by atoms with E-state index in [9.17, 15) is 4.79 Å². The summed E-state index contributed by atoms with van der Waals surface area (Å²) >= 11 is 6.06. The summed E-state index contributed by atoms with van der Waals surface area (Å²) in [4.78, 5) is 18.1. The maximum atomic E-state index is 13.3. The van der Waals surface area contributed by atoms with Crippen LogP contribution >= 0.6 is 11.6 Å². The fourth-order valence-electron chi connectivity index (χ4n) is 3.70. The van der Waals surface area contributed by atoms with Crippen molar-refractivity contribution in [3.8, 4) is 22.9 Å². The van der Waals surface area contributed by atoms with E-state index in [2.05, 4.69) is 0 Å². The first-order valence-corrected chi connectivity index (χ1v) is 11.2. The van der Waals surface area contributed by atoms with Crippen molar-refractivity contribution in [2.24, 2.45) is 0 Å². The molecule has 1 heterocycles. The van der Waals surface area contributed by atoms with E-state index in [1.54, 1.807) is 29.9 Å². The summed E-state index contributed by atoms with van der Waals surface area (Å²) in [6.07, 6.45) is 4.60. The fourth-order valence-corrected chi connectivity index (χ4v) is 3.83. The Bertz CT molecular complexity index is 1340. The minimum absolute atomic E-state index is 0.0705. The topological polar surface area (TPSA) is 53.4 Å². The predicted octanol–water partition coefficient (Wildman–Crippen LogP) is 6.23. The molecule has 5 nitrogen and oxygen atoms in total. The van der Waals surface area contributed by atoms with Gasteiger partial charge in [-0.1, -0.05) is 42.0 Å². The molecular formula is C27H25ClN2O3. The second-order valence-corrected chi connectivity index (χ2v) is 7.96. The van der Waals surface area contributed by atoms with Gasteiger partial charge in [0.05, 0.1) is 24.6 Å². The van der Waals surface area contributed by atoms with E-state index >= 15 is 0 Å². The summed E-state index contributed by atoms with van der Waals surface area (Å²) in [6.45, 7) is 2.87. The lowest BCUT2D eigenvalue weighted by Crippen LogP contribution is -2.24. The molecule has 0 atom stereocenters. The molecule has 0 aliphatic carbocycles. The maximum Gasteiger partial charge on any atom is 0.261 e. The lowest BCUT2D eigenvalue weighted by Gasteiger charge is -2.15. The van der Waals surface area contributed by atoms with Crippen molar-refractivity contribution < 1.29 is 9.47 Å². The molecule has 168 valence electrons. The highest BCUT2D eigenvalue weighted by molar-refractivity contribution is 6.30. The molecule has 33 heavy (non-hydrogen) atoms. The van der Waals surface area contributed by atoms with E-state index in [1.165, 1.54) is 0 Å². The highest BCUT2D eigenvalue weighted by Crippen LogP contribution is 2.29. The molecule has 3 aromatic carbocycles. The molecule has 0 fully saturated rings. The molecule has 0 aliphatic rings. The van der Waals surface area contributed by atoms with Crippen molar-refractivity contribution in [3.05, 3.63) is 93.7 Å². The quantitative estimate of drug-likeness (QED) is 0.292. The molecule has 0 radical (unpaired) electrons. The second-order valence-electron chi connectivity index (χ2n) is 7.53. The number of hydrogen-bond acceptors (Lipinski definition) is 4. The number of fused-ring (bicyclic) bond motifs is 1. The Labute approximate surface area is 197 Å². The van der Waals surface area contributed by atoms with E-state index in [4.69, 9.17) is 26.1 Å². The largest absolute Gasteiger partial charge is 0.493 e. The van der Waals surface area contributed by atoms with Crippen LogP contribution in [0.1, 0.15) is 18.9 Å². The number of allylic oxidation sites excluding steroid dienone is 1.